The minimum atomic E-state index is -4.90. The molecule has 0 saturated carbocycles. The molecule has 4 rings (SSSR count). The number of hydrogen-bond acceptors (Lipinski definition) is 4. The van der Waals surface area contributed by atoms with Gasteiger partial charge >= 0.3 is 12.1 Å². The number of H-pyrrole nitrogens is 1. The number of para-hydroxylation sites is 1. The molecule has 132 valence electrons. The van der Waals surface area contributed by atoms with Crippen LogP contribution in [-0.2, 0) is 0 Å². The summed E-state index contributed by atoms with van der Waals surface area (Å²) in [5.74, 6) is -0.632. The van der Waals surface area contributed by atoms with E-state index < -0.39 is 17.8 Å². The molecular weight excluding hydrogens is 373 g/mol. The number of halogens is 4. The van der Waals surface area contributed by atoms with Crippen molar-refractivity contribution in [1.29, 1.82) is 0 Å². The average Bonchev–Trinajstić information content (AvgIpc) is 3.01. The van der Waals surface area contributed by atoms with Crippen LogP contribution >= 0.6 is 11.6 Å². The molecule has 2 heterocycles. The Hall–Kier alpha value is -3.07. The number of nitrogens with one attached hydrogen (secondary N) is 1. The van der Waals surface area contributed by atoms with Crippen LogP contribution in [0.2, 0.25) is 5.02 Å². The fourth-order valence-corrected chi connectivity index (χ4v) is 2.76. The Morgan fingerprint density at radius 3 is 2.69 bits per heavy atom. The molecule has 4 aromatic rings. The number of ether oxygens (including phenoxy) is 1. The normalized spacial score (nSPS) is 12.0. The number of fused-ring (bicyclic) bond motifs is 3. The topological polar surface area (TPSA) is 72.3 Å². The van der Waals surface area contributed by atoms with Gasteiger partial charge in [-0.2, -0.15) is 4.52 Å². The molecule has 0 unspecified atom stereocenters. The number of nitrogens with zero attached hydrogens (tertiary/aromatic N) is 3. The fourth-order valence-electron chi connectivity index (χ4n) is 2.59. The van der Waals surface area contributed by atoms with Crippen molar-refractivity contribution in [3.63, 3.8) is 0 Å². The van der Waals surface area contributed by atoms with Crippen molar-refractivity contribution < 1.29 is 17.9 Å². The molecule has 2 aromatic carbocycles. The van der Waals surface area contributed by atoms with E-state index >= 15 is 0 Å². The van der Waals surface area contributed by atoms with Crippen molar-refractivity contribution in [2.45, 2.75) is 6.36 Å². The molecular formula is C16H8ClF3N4O2. The summed E-state index contributed by atoms with van der Waals surface area (Å²) in [5.41, 5.74) is 0.0823. The van der Waals surface area contributed by atoms with Gasteiger partial charge in [0, 0.05) is 10.4 Å². The third kappa shape index (κ3) is 2.86. The van der Waals surface area contributed by atoms with Gasteiger partial charge in [0.1, 0.15) is 5.75 Å². The van der Waals surface area contributed by atoms with Crippen molar-refractivity contribution >= 4 is 28.2 Å². The molecule has 0 aliphatic heterocycles. The number of hydrogen-bond donors (Lipinski definition) is 1. The molecule has 6 nitrogen and oxygen atoms in total. The van der Waals surface area contributed by atoms with E-state index in [1.807, 2.05) is 0 Å². The second kappa shape index (κ2) is 5.73. The van der Waals surface area contributed by atoms with Crippen molar-refractivity contribution in [2.75, 3.05) is 0 Å². The molecule has 2 aromatic heterocycles. The first-order chi connectivity index (χ1) is 12.3. The number of aromatic amines is 1. The predicted octanol–water partition coefficient (Wildman–Crippen LogP) is 3.79. The molecule has 0 bridgehead atoms. The highest BCUT2D eigenvalue weighted by Crippen LogP contribution is 2.34. The number of benzene rings is 2. The first kappa shape index (κ1) is 16.4. The summed E-state index contributed by atoms with van der Waals surface area (Å²) in [6.07, 6.45) is -4.90. The Kier molecular flexibility index (Phi) is 3.62. The lowest BCUT2D eigenvalue weighted by Crippen LogP contribution is -2.18. The van der Waals surface area contributed by atoms with Gasteiger partial charge in [-0.3, -0.25) is 0 Å². The molecule has 10 heteroatoms. The van der Waals surface area contributed by atoms with Crippen LogP contribution in [0, 0.1) is 0 Å². The molecule has 0 radical (unpaired) electrons. The lowest BCUT2D eigenvalue weighted by Gasteiger charge is -2.11. The standard InChI is InChI=1S/C16H8ClF3N4O2/c17-8-5-6-12(26-16(18,19)20)10(7-8)13-22-14-9-3-1-2-4-11(9)21-15(25)24(14)23-13/h1-7H,(H,21,25). The number of aromatic nitrogens is 4. The Morgan fingerprint density at radius 2 is 1.92 bits per heavy atom. The van der Waals surface area contributed by atoms with Gasteiger partial charge in [-0.25, -0.2) is 9.78 Å². The van der Waals surface area contributed by atoms with E-state index in [0.29, 0.717) is 10.9 Å². The van der Waals surface area contributed by atoms with Gasteiger partial charge in [0.2, 0.25) is 0 Å². The van der Waals surface area contributed by atoms with E-state index in [4.69, 9.17) is 11.6 Å². The van der Waals surface area contributed by atoms with E-state index in [1.54, 1.807) is 24.3 Å². The Morgan fingerprint density at radius 1 is 1.15 bits per heavy atom. The van der Waals surface area contributed by atoms with Gasteiger partial charge in [-0.1, -0.05) is 23.7 Å². The molecule has 1 N–H and O–H groups in total. The molecule has 0 amide bonds. The third-order valence-electron chi connectivity index (χ3n) is 3.62. The average molecular weight is 381 g/mol. The largest absolute Gasteiger partial charge is 0.573 e. The van der Waals surface area contributed by atoms with Gasteiger partial charge < -0.3 is 9.72 Å². The molecule has 26 heavy (non-hydrogen) atoms. The summed E-state index contributed by atoms with van der Waals surface area (Å²) >= 11 is 5.90. The Balaban J connectivity index is 1.98. The summed E-state index contributed by atoms with van der Waals surface area (Å²) in [6, 6.07) is 10.4. The molecule has 0 fully saturated rings. The lowest BCUT2D eigenvalue weighted by molar-refractivity contribution is -0.274. The van der Waals surface area contributed by atoms with Crippen LogP contribution in [0.15, 0.2) is 47.3 Å². The molecule has 0 saturated heterocycles. The van der Waals surface area contributed by atoms with Crippen LogP contribution in [0.1, 0.15) is 0 Å². The van der Waals surface area contributed by atoms with Gasteiger partial charge in [0.25, 0.3) is 0 Å². The minimum Gasteiger partial charge on any atom is -0.405 e. The van der Waals surface area contributed by atoms with Crippen molar-refractivity contribution in [2.24, 2.45) is 0 Å². The SMILES string of the molecule is O=c1[nH]c2ccccc2c2nc(-c3cc(Cl)ccc3OC(F)(F)F)nn12. The number of rotatable bonds is 2. The Bertz CT molecular complexity index is 1200. The van der Waals surface area contributed by atoms with E-state index in [-0.39, 0.29) is 22.1 Å². The van der Waals surface area contributed by atoms with Gasteiger partial charge in [-0.15, -0.1) is 18.3 Å². The van der Waals surface area contributed by atoms with Crippen LogP contribution < -0.4 is 10.4 Å². The molecule has 0 aliphatic carbocycles. The molecule has 0 atom stereocenters. The second-order valence-electron chi connectivity index (χ2n) is 5.33. The van der Waals surface area contributed by atoms with E-state index in [9.17, 15) is 18.0 Å². The highest BCUT2D eigenvalue weighted by molar-refractivity contribution is 6.30. The first-order valence-corrected chi connectivity index (χ1v) is 7.63. The zero-order chi connectivity index (χ0) is 18.5. The summed E-state index contributed by atoms with van der Waals surface area (Å²) in [4.78, 5) is 19.0. The quantitative estimate of drug-likeness (QED) is 0.574. The van der Waals surface area contributed by atoms with Crippen LogP contribution in [0.25, 0.3) is 27.9 Å². The predicted molar refractivity (Wildman–Crippen MR) is 88.2 cm³/mol. The maximum Gasteiger partial charge on any atom is 0.573 e. The third-order valence-corrected chi connectivity index (χ3v) is 3.85. The molecule has 0 aliphatic rings. The first-order valence-electron chi connectivity index (χ1n) is 7.25. The van der Waals surface area contributed by atoms with Gasteiger partial charge in [0.15, 0.2) is 11.5 Å². The fraction of sp³-hybridized carbons (Fsp3) is 0.0625. The van der Waals surface area contributed by atoms with Crippen molar-refractivity contribution in [3.8, 4) is 17.1 Å². The van der Waals surface area contributed by atoms with Crippen LogP contribution in [0.5, 0.6) is 5.75 Å². The van der Waals surface area contributed by atoms with Crippen LogP contribution in [-0.4, -0.2) is 25.9 Å². The summed E-state index contributed by atoms with van der Waals surface area (Å²) in [6.45, 7) is 0. The van der Waals surface area contributed by atoms with Crippen LogP contribution in [0.3, 0.4) is 0 Å². The zero-order valence-electron chi connectivity index (χ0n) is 12.7. The smallest absolute Gasteiger partial charge is 0.405 e. The number of alkyl halides is 3. The molecule has 0 spiro atoms. The van der Waals surface area contributed by atoms with Gasteiger partial charge in [0.05, 0.1) is 11.1 Å². The van der Waals surface area contributed by atoms with E-state index in [1.165, 1.54) is 12.1 Å². The van der Waals surface area contributed by atoms with E-state index in [0.717, 1.165) is 10.6 Å². The minimum absolute atomic E-state index is 0.0815. The maximum atomic E-state index is 12.7. The summed E-state index contributed by atoms with van der Waals surface area (Å²) < 4.78 is 43.0. The summed E-state index contributed by atoms with van der Waals surface area (Å²) in [5, 5.41) is 4.78. The monoisotopic (exact) mass is 380 g/mol. The van der Waals surface area contributed by atoms with Crippen molar-refractivity contribution in [1.82, 2.24) is 19.6 Å². The maximum absolute atomic E-state index is 12.7. The summed E-state index contributed by atoms with van der Waals surface area (Å²) in [7, 11) is 0. The Labute approximate surface area is 147 Å². The van der Waals surface area contributed by atoms with Crippen molar-refractivity contribution in [3.05, 3.63) is 58.0 Å². The lowest BCUT2D eigenvalue weighted by atomic mass is 10.2. The zero-order valence-corrected chi connectivity index (χ0v) is 13.5. The van der Waals surface area contributed by atoms with E-state index in [2.05, 4.69) is 19.8 Å². The second-order valence-corrected chi connectivity index (χ2v) is 5.77. The highest BCUT2D eigenvalue weighted by Gasteiger charge is 2.33. The van der Waals surface area contributed by atoms with Crippen LogP contribution in [0.4, 0.5) is 13.2 Å². The van der Waals surface area contributed by atoms with Gasteiger partial charge in [-0.05, 0) is 30.3 Å². The highest BCUT2D eigenvalue weighted by atomic mass is 35.5.